The molecule has 0 atom stereocenters. The minimum Gasteiger partial charge on any atom is -0.545 e. The molecule has 0 radical (unpaired) electrons. The maximum Gasteiger partial charge on any atom is 1.00 e. The van der Waals surface area contributed by atoms with E-state index in [2.05, 4.69) is 4.98 Å². The van der Waals surface area contributed by atoms with Crippen molar-refractivity contribution in [3.8, 4) is 28.7 Å². The van der Waals surface area contributed by atoms with E-state index in [1.165, 1.54) is 23.7 Å². The normalized spacial score (nSPS) is 11.0. The number of carbonyl (C=O) groups excluding carboxylic acids is 1. The number of hydrogen-bond acceptors (Lipinski definition) is 8. The number of thiophene rings is 1. The smallest absolute Gasteiger partial charge is 0.545 e. The van der Waals surface area contributed by atoms with Gasteiger partial charge in [0.1, 0.15) is 18.1 Å². The molecule has 3 aromatic carbocycles. The number of pyridine rings is 1. The average molecular weight is 562 g/mol. The summed E-state index contributed by atoms with van der Waals surface area (Å²) in [6.45, 7) is 0.452. The van der Waals surface area contributed by atoms with Gasteiger partial charge in [-0.2, -0.15) is 0 Å². The maximum atomic E-state index is 12.1. The van der Waals surface area contributed by atoms with Crippen molar-refractivity contribution in [1.82, 2.24) is 4.98 Å². The molecule has 2 aromatic heterocycles. The Hall–Kier alpha value is -3.82. The summed E-state index contributed by atoms with van der Waals surface area (Å²) in [5, 5.41) is 12.9. The van der Waals surface area contributed by atoms with Gasteiger partial charge in [0.15, 0.2) is 17.2 Å². The first kappa shape index (κ1) is 29.2. The van der Waals surface area contributed by atoms with Crippen molar-refractivity contribution in [2.24, 2.45) is 0 Å². The van der Waals surface area contributed by atoms with E-state index in [1.807, 2.05) is 54.6 Å². The molecule has 40 heavy (non-hydrogen) atoms. The molecular formula is C31H24NNaO6S. The summed E-state index contributed by atoms with van der Waals surface area (Å²) < 4.78 is 24.1. The van der Waals surface area contributed by atoms with Crippen LogP contribution in [0, 0.1) is 0 Å². The molecule has 7 nitrogen and oxygen atoms in total. The summed E-state index contributed by atoms with van der Waals surface area (Å²) in [5.74, 6) is 1.53. The van der Waals surface area contributed by atoms with Crippen LogP contribution in [0.5, 0.6) is 28.7 Å². The second-order valence-corrected chi connectivity index (χ2v) is 9.51. The molecule has 0 bridgehead atoms. The third kappa shape index (κ3) is 6.66. The molecule has 0 spiro atoms. The molecule has 9 heteroatoms. The number of carbonyl (C=O) groups is 1. The van der Waals surface area contributed by atoms with E-state index in [-0.39, 0.29) is 35.1 Å². The maximum absolute atomic E-state index is 12.1. The second-order valence-electron chi connectivity index (χ2n) is 8.43. The Kier molecular flexibility index (Phi) is 9.84. The second kappa shape index (κ2) is 13.5. The van der Waals surface area contributed by atoms with E-state index in [1.54, 1.807) is 44.6 Å². The first-order valence-corrected chi connectivity index (χ1v) is 12.8. The largest absolute Gasteiger partial charge is 1.00 e. The molecule has 0 aliphatic heterocycles. The van der Waals surface area contributed by atoms with Crippen LogP contribution in [0.1, 0.15) is 16.0 Å². The van der Waals surface area contributed by atoms with Gasteiger partial charge in [-0.15, -0.1) is 11.3 Å². The number of carboxylic acid groups (broad SMARTS) is 1. The number of rotatable bonds is 10. The van der Waals surface area contributed by atoms with Gasteiger partial charge in [-0.3, -0.25) is 4.98 Å². The van der Waals surface area contributed by atoms with Crippen LogP contribution in [0.15, 0.2) is 91.3 Å². The molecule has 5 aromatic rings. The van der Waals surface area contributed by atoms with Crippen LogP contribution < -0.4 is 53.6 Å². The summed E-state index contributed by atoms with van der Waals surface area (Å²) in [5.41, 5.74) is 1.56. The monoisotopic (exact) mass is 561 g/mol. The van der Waals surface area contributed by atoms with Crippen LogP contribution in [0.25, 0.3) is 21.7 Å². The minimum absolute atomic E-state index is 0. The summed E-state index contributed by atoms with van der Waals surface area (Å²) in [7, 11) is 3.12. The van der Waals surface area contributed by atoms with Gasteiger partial charge in [-0.1, -0.05) is 30.3 Å². The predicted octanol–water partition coefficient (Wildman–Crippen LogP) is 2.98. The molecule has 5 rings (SSSR count). The van der Waals surface area contributed by atoms with Crippen molar-refractivity contribution in [2.75, 3.05) is 14.2 Å². The summed E-state index contributed by atoms with van der Waals surface area (Å²) in [4.78, 5) is 16.7. The number of nitrogens with zero attached hydrogens (tertiary/aromatic N) is 1. The van der Waals surface area contributed by atoms with Crippen LogP contribution in [-0.4, -0.2) is 25.2 Å². The number of carboxylic acids is 1. The fourth-order valence-electron chi connectivity index (χ4n) is 4.01. The predicted molar refractivity (Wildman–Crippen MR) is 149 cm³/mol. The summed E-state index contributed by atoms with van der Waals surface area (Å²) >= 11 is 1.37. The third-order valence-electron chi connectivity index (χ3n) is 5.95. The van der Waals surface area contributed by atoms with E-state index in [0.717, 1.165) is 15.6 Å². The molecule has 0 fully saturated rings. The van der Waals surface area contributed by atoms with E-state index in [9.17, 15) is 9.90 Å². The molecule has 0 saturated heterocycles. The van der Waals surface area contributed by atoms with Crippen LogP contribution in [0.4, 0.5) is 0 Å². The van der Waals surface area contributed by atoms with Crippen LogP contribution in [-0.2, 0) is 11.4 Å². The topological polar surface area (TPSA) is 89.9 Å². The third-order valence-corrected chi connectivity index (χ3v) is 7.03. The fourth-order valence-corrected chi connectivity index (χ4v) is 5.09. The Morgan fingerprint density at radius 1 is 0.900 bits per heavy atom. The van der Waals surface area contributed by atoms with E-state index >= 15 is 0 Å². The van der Waals surface area contributed by atoms with Gasteiger partial charge in [-0.25, -0.2) is 0 Å². The van der Waals surface area contributed by atoms with E-state index < -0.39 is 5.97 Å². The van der Waals surface area contributed by atoms with Crippen LogP contribution in [0.3, 0.4) is 0 Å². The van der Waals surface area contributed by atoms with Crippen molar-refractivity contribution >= 4 is 39.0 Å². The number of aromatic nitrogens is 1. The zero-order valence-electron chi connectivity index (χ0n) is 22.2. The molecule has 0 unspecified atom stereocenters. The summed E-state index contributed by atoms with van der Waals surface area (Å²) in [6, 6.07) is 24.1. The van der Waals surface area contributed by atoms with Gasteiger partial charge in [-0.05, 0) is 59.7 Å². The molecule has 0 amide bonds. The van der Waals surface area contributed by atoms with Gasteiger partial charge in [0, 0.05) is 34.1 Å². The first-order chi connectivity index (χ1) is 19.1. The zero-order chi connectivity index (χ0) is 27.2. The zero-order valence-corrected chi connectivity index (χ0v) is 25.1. The van der Waals surface area contributed by atoms with Crippen molar-refractivity contribution in [3.63, 3.8) is 0 Å². The van der Waals surface area contributed by atoms with Crippen molar-refractivity contribution in [2.45, 2.75) is 6.61 Å². The number of hydrogen-bond donors (Lipinski definition) is 0. The molecule has 0 aliphatic carbocycles. The minimum atomic E-state index is -1.31. The van der Waals surface area contributed by atoms with Gasteiger partial charge >= 0.3 is 29.6 Å². The quantitative estimate of drug-likeness (QED) is 0.191. The Balaban J connectivity index is 0.00000370. The Bertz CT molecular complexity index is 1620. The number of aliphatic carboxylic acids is 1. The van der Waals surface area contributed by atoms with Gasteiger partial charge in [0.05, 0.1) is 25.1 Å². The number of benzene rings is 3. The molecular weight excluding hydrogens is 537 g/mol. The van der Waals surface area contributed by atoms with Gasteiger partial charge in [0.2, 0.25) is 0 Å². The van der Waals surface area contributed by atoms with Gasteiger partial charge < -0.3 is 28.8 Å². The van der Waals surface area contributed by atoms with Crippen molar-refractivity contribution in [3.05, 3.63) is 107 Å². The molecule has 0 N–H and O–H groups in total. The summed E-state index contributed by atoms with van der Waals surface area (Å²) in [6.07, 6.45) is 4.62. The van der Waals surface area contributed by atoms with Crippen LogP contribution in [0.2, 0.25) is 0 Å². The van der Waals surface area contributed by atoms with Crippen molar-refractivity contribution < 1.29 is 58.4 Å². The Morgan fingerprint density at radius 2 is 1.55 bits per heavy atom. The molecule has 0 aliphatic rings. The van der Waals surface area contributed by atoms with E-state index in [0.29, 0.717) is 45.8 Å². The Labute approximate surface area is 257 Å². The molecule has 0 saturated carbocycles. The van der Waals surface area contributed by atoms with Crippen LogP contribution >= 0.6 is 11.3 Å². The molecule has 196 valence electrons. The number of ether oxygens (including phenoxy) is 4. The Morgan fingerprint density at radius 3 is 2.20 bits per heavy atom. The first-order valence-electron chi connectivity index (χ1n) is 12.0. The van der Waals surface area contributed by atoms with Crippen molar-refractivity contribution in [1.29, 1.82) is 0 Å². The standard InChI is InChI=1S/C31H25NO6S.Na/c1-35-26-16-25-28(18-27(26)36-2)39-29(17-24(31(33)34)21-12-14-32-15-13-21)30(25)38-23-10-8-22(9-11-23)37-19-20-6-4-3-5-7-20;/h3-18H,19H2,1-2H3,(H,33,34);/q;+1/p-1/b24-17+;. The molecule has 2 heterocycles. The van der Waals surface area contributed by atoms with E-state index in [4.69, 9.17) is 18.9 Å². The number of fused-ring (bicyclic) bond motifs is 1. The average Bonchev–Trinajstić information content (AvgIpc) is 3.31. The number of methoxy groups -OCH3 is 2. The SMILES string of the molecule is COc1cc2sc(/C=C(/C(=O)[O-])c3ccncc3)c(Oc3ccc(OCc4ccccc4)cc3)c2cc1OC.[Na+]. The van der Waals surface area contributed by atoms with Gasteiger partial charge in [0.25, 0.3) is 0 Å². The fraction of sp³-hybridized carbons (Fsp3) is 0.0968.